The molecule has 0 radical (unpaired) electrons. The Morgan fingerprint density at radius 2 is 2.00 bits per heavy atom. The molecule has 0 saturated heterocycles. The summed E-state index contributed by atoms with van der Waals surface area (Å²) in [5.41, 5.74) is 13.3. The summed E-state index contributed by atoms with van der Waals surface area (Å²) in [7, 11) is 0. The number of hydrogen-bond donors (Lipinski definition) is 2. The summed E-state index contributed by atoms with van der Waals surface area (Å²) in [4.78, 5) is 0. The van der Waals surface area contributed by atoms with Crippen LogP contribution in [0.2, 0.25) is 0 Å². The fraction of sp³-hybridized carbons (Fsp3) is 0.500. The molecule has 0 amide bonds. The molecule has 0 aliphatic rings. The number of ether oxygens (including phenoxy) is 1. The van der Waals surface area contributed by atoms with E-state index in [9.17, 15) is 0 Å². The number of benzene rings is 1. The van der Waals surface area contributed by atoms with Gasteiger partial charge in [-0.05, 0) is 50.0 Å². The van der Waals surface area contributed by atoms with E-state index >= 15 is 0 Å². The van der Waals surface area contributed by atoms with Crippen molar-refractivity contribution in [2.24, 2.45) is 11.5 Å². The highest BCUT2D eigenvalue weighted by atomic mass is 16.5. The fourth-order valence-electron chi connectivity index (χ4n) is 1.39. The van der Waals surface area contributed by atoms with Gasteiger partial charge >= 0.3 is 0 Å². The molecule has 1 aromatic rings. The van der Waals surface area contributed by atoms with Gasteiger partial charge in [-0.25, -0.2) is 0 Å². The van der Waals surface area contributed by atoms with Crippen LogP contribution in [0.25, 0.3) is 0 Å². The molecule has 1 rings (SSSR count). The first-order valence-corrected chi connectivity index (χ1v) is 5.40. The van der Waals surface area contributed by atoms with Crippen molar-refractivity contribution >= 4 is 0 Å². The van der Waals surface area contributed by atoms with E-state index in [1.165, 1.54) is 5.56 Å². The van der Waals surface area contributed by atoms with E-state index in [1.807, 2.05) is 6.92 Å². The van der Waals surface area contributed by atoms with Gasteiger partial charge in [0.15, 0.2) is 0 Å². The summed E-state index contributed by atoms with van der Waals surface area (Å²) in [5.74, 6) is 0.953. The van der Waals surface area contributed by atoms with Crippen molar-refractivity contribution < 1.29 is 4.74 Å². The Balaban J connectivity index is 2.63. The summed E-state index contributed by atoms with van der Waals surface area (Å²) in [5, 5.41) is 0. The van der Waals surface area contributed by atoms with Crippen LogP contribution in [0.3, 0.4) is 0 Å². The summed E-state index contributed by atoms with van der Waals surface area (Å²) >= 11 is 0. The van der Waals surface area contributed by atoms with Crippen LogP contribution >= 0.6 is 0 Å². The van der Waals surface area contributed by atoms with Crippen molar-refractivity contribution in [2.45, 2.75) is 19.8 Å². The Labute approximate surface area is 91.4 Å². The normalized spacial score (nSPS) is 10.3. The molecule has 0 aliphatic carbocycles. The second kappa shape index (κ2) is 6.43. The number of aryl methyl sites for hydroxylation is 1. The molecule has 0 unspecified atom stereocenters. The molecule has 0 aromatic heterocycles. The monoisotopic (exact) mass is 208 g/mol. The van der Waals surface area contributed by atoms with E-state index in [1.54, 1.807) is 0 Å². The molecule has 0 aliphatic heterocycles. The highest BCUT2D eigenvalue weighted by Gasteiger charge is 2.01. The SMILES string of the molecule is Cc1ccc(CCN)cc1OCCCN. The summed E-state index contributed by atoms with van der Waals surface area (Å²) < 4.78 is 5.64. The lowest BCUT2D eigenvalue weighted by molar-refractivity contribution is 0.311. The van der Waals surface area contributed by atoms with Crippen molar-refractivity contribution in [3.8, 4) is 5.75 Å². The Morgan fingerprint density at radius 1 is 1.20 bits per heavy atom. The molecular formula is C12H20N2O. The van der Waals surface area contributed by atoms with Gasteiger partial charge in [0.05, 0.1) is 6.61 Å². The minimum atomic E-state index is 0.668. The van der Waals surface area contributed by atoms with Crippen molar-refractivity contribution in [3.63, 3.8) is 0 Å². The van der Waals surface area contributed by atoms with Gasteiger partial charge in [-0.15, -0.1) is 0 Å². The molecule has 0 saturated carbocycles. The molecule has 0 atom stereocenters. The Bertz CT molecular complexity index is 300. The number of rotatable bonds is 6. The topological polar surface area (TPSA) is 61.3 Å². The van der Waals surface area contributed by atoms with Crippen LogP contribution in [0, 0.1) is 6.92 Å². The molecule has 15 heavy (non-hydrogen) atoms. The second-order valence-electron chi connectivity index (χ2n) is 3.63. The average Bonchev–Trinajstić information content (AvgIpc) is 2.23. The van der Waals surface area contributed by atoms with Crippen LogP contribution in [-0.4, -0.2) is 19.7 Å². The standard InChI is InChI=1S/C12H20N2O/c1-10-3-4-11(5-7-14)9-12(10)15-8-2-6-13/h3-4,9H,2,5-8,13-14H2,1H3. The Kier molecular flexibility index (Phi) is 5.15. The summed E-state index contributed by atoms with van der Waals surface area (Å²) in [6.45, 7) is 4.07. The van der Waals surface area contributed by atoms with Crippen molar-refractivity contribution in [1.82, 2.24) is 0 Å². The zero-order valence-electron chi connectivity index (χ0n) is 9.33. The Morgan fingerprint density at radius 3 is 2.67 bits per heavy atom. The zero-order chi connectivity index (χ0) is 11.1. The van der Waals surface area contributed by atoms with Gasteiger partial charge in [0.25, 0.3) is 0 Å². The van der Waals surface area contributed by atoms with Gasteiger partial charge < -0.3 is 16.2 Å². The fourth-order valence-corrected chi connectivity index (χ4v) is 1.39. The second-order valence-corrected chi connectivity index (χ2v) is 3.63. The van der Waals surface area contributed by atoms with Crippen molar-refractivity contribution in [2.75, 3.05) is 19.7 Å². The minimum Gasteiger partial charge on any atom is -0.493 e. The third-order valence-electron chi connectivity index (χ3n) is 2.29. The van der Waals surface area contributed by atoms with Crippen molar-refractivity contribution in [1.29, 1.82) is 0 Å². The highest BCUT2D eigenvalue weighted by molar-refractivity contribution is 5.36. The average molecular weight is 208 g/mol. The van der Waals surface area contributed by atoms with Crippen molar-refractivity contribution in [3.05, 3.63) is 29.3 Å². The molecule has 4 N–H and O–H groups in total. The maximum atomic E-state index is 5.64. The molecular weight excluding hydrogens is 188 g/mol. The maximum absolute atomic E-state index is 5.64. The van der Waals surface area contributed by atoms with Crippen LogP contribution in [0.4, 0.5) is 0 Å². The summed E-state index contributed by atoms with van der Waals surface area (Å²) in [6.07, 6.45) is 1.79. The van der Waals surface area contributed by atoms with Crippen LogP contribution in [0.1, 0.15) is 17.5 Å². The Hall–Kier alpha value is -1.06. The molecule has 0 heterocycles. The lowest BCUT2D eigenvalue weighted by Crippen LogP contribution is -2.07. The van der Waals surface area contributed by atoms with E-state index < -0.39 is 0 Å². The van der Waals surface area contributed by atoms with Gasteiger partial charge in [0.1, 0.15) is 5.75 Å². The first-order valence-electron chi connectivity index (χ1n) is 5.40. The lowest BCUT2D eigenvalue weighted by Gasteiger charge is -2.10. The maximum Gasteiger partial charge on any atom is 0.122 e. The largest absolute Gasteiger partial charge is 0.493 e. The van der Waals surface area contributed by atoms with Gasteiger partial charge in [0.2, 0.25) is 0 Å². The third kappa shape index (κ3) is 3.90. The highest BCUT2D eigenvalue weighted by Crippen LogP contribution is 2.19. The number of nitrogens with two attached hydrogens (primary N) is 2. The minimum absolute atomic E-state index is 0.668. The van der Waals surface area contributed by atoms with Crippen LogP contribution in [-0.2, 0) is 6.42 Å². The molecule has 0 fully saturated rings. The van der Waals surface area contributed by atoms with E-state index in [0.717, 1.165) is 24.2 Å². The first kappa shape index (κ1) is 12.0. The molecule has 3 nitrogen and oxygen atoms in total. The van der Waals surface area contributed by atoms with Gasteiger partial charge in [-0.2, -0.15) is 0 Å². The lowest BCUT2D eigenvalue weighted by atomic mass is 10.1. The number of hydrogen-bond acceptors (Lipinski definition) is 3. The molecule has 84 valence electrons. The van der Waals surface area contributed by atoms with E-state index in [4.69, 9.17) is 16.2 Å². The smallest absolute Gasteiger partial charge is 0.122 e. The molecule has 1 aromatic carbocycles. The van der Waals surface area contributed by atoms with Gasteiger partial charge in [0, 0.05) is 0 Å². The van der Waals surface area contributed by atoms with Gasteiger partial charge in [-0.3, -0.25) is 0 Å². The van der Waals surface area contributed by atoms with E-state index in [2.05, 4.69) is 18.2 Å². The third-order valence-corrected chi connectivity index (χ3v) is 2.29. The predicted molar refractivity (Wildman–Crippen MR) is 63.1 cm³/mol. The zero-order valence-corrected chi connectivity index (χ0v) is 9.33. The molecule has 0 bridgehead atoms. The van der Waals surface area contributed by atoms with E-state index in [-0.39, 0.29) is 0 Å². The first-order chi connectivity index (χ1) is 7.27. The van der Waals surface area contributed by atoms with Crippen LogP contribution in [0.5, 0.6) is 5.75 Å². The van der Waals surface area contributed by atoms with Crippen LogP contribution < -0.4 is 16.2 Å². The summed E-state index contributed by atoms with van der Waals surface area (Å²) in [6, 6.07) is 6.24. The van der Waals surface area contributed by atoms with Crippen LogP contribution in [0.15, 0.2) is 18.2 Å². The predicted octanol–water partition coefficient (Wildman–Crippen LogP) is 1.22. The van der Waals surface area contributed by atoms with Gasteiger partial charge in [-0.1, -0.05) is 12.1 Å². The molecule has 0 spiro atoms. The molecule has 3 heteroatoms. The quantitative estimate of drug-likeness (QED) is 0.691. The van der Waals surface area contributed by atoms with E-state index in [0.29, 0.717) is 19.7 Å².